The van der Waals surface area contributed by atoms with Crippen LogP contribution >= 0.6 is 0 Å². The molecule has 2 aromatic rings. The summed E-state index contributed by atoms with van der Waals surface area (Å²) in [6.45, 7) is 0.827. The second kappa shape index (κ2) is 9.81. The Morgan fingerprint density at radius 2 is 1.50 bits per heavy atom. The normalized spacial score (nSPS) is 11.1. The largest absolute Gasteiger partial charge is 0.451 e. The lowest BCUT2D eigenvalue weighted by atomic mass is 10.2. The Morgan fingerprint density at radius 3 is 2.14 bits per heavy atom. The van der Waals surface area contributed by atoms with Crippen molar-refractivity contribution in [2.24, 2.45) is 0 Å². The zero-order chi connectivity index (χ0) is 20.5. The maximum absolute atomic E-state index is 12.8. The average molecular weight is 387 g/mol. The van der Waals surface area contributed by atoms with Gasteiger partial charge in [0.15, 0.2) is 6.10 Å². The minimum absolute atomic E-state index is 0.170. The summed E-state index contributed by atoms with van der Waals surface area (Å²) >= 11 is 0. The molecule has 28 heavy (non-hydrogen) atoms. The minimum atomic E-state index is -1.20. The summed E-state index contributed by atoms with van der Waals surface area (Å²) in [5, 5.41) is 2.30. The Kier molecular flexibility index (Phi) is 7.21. The fourth-order valence-electron chi connectivity index (χ4n) is 2.03. The quantitative estimate of drug-likeness (QED) is 0.504. The number of hydrogen-bond acceptors (Lipinski definition) is 5. The molecule has 0 saturated heterocycles. The van der Waals surface area contributed by atoms with E-state index in [1.807, 2.05) is 0 Å². The van der Waals surface area contributed by atoms with Crippen molar-refractivity contribution in [2.75, 3.05) is 6.54 Å². The van der Waals surface area contributed by atoms with Crippen LogP contribution in [0, 0.1) is 5.82 Å². The highest BCUT2D eigenvalue weighted by atomic mass is 19.1. The molecule has 0 radical (unpaired) electrons. The molecule has 0 aliphatic carbocycles. The van der Waals surface area contributed by atoms with Gasteiger partial charge in [-0.25, -0.2) is 4.39 Å². The standard InChI is InChI=1S/C19H18FN3O5/c1-12(17(25)22-23-19(27)13-5-3-2-4-6-13)28-16(24)11-21-18(26)14-7-9-15(20)10-8-14/h2-10,12H,11H2,1H3,(H,21,26)(H,22,25)(H,23,27)/t12-/m0/s1. The van der Waals surface area contributed by atoms with E-state index in [0.717, 1.165) is 12.1 Å². The van der Waals surface area contributed by atoms with Gasteiger partial charge >= 0.3 is 5.97 Å². The molecule has 0 heterocycles. The molecule has 0 spiro atoms. The van der Waals surface area contributed by atoms with Crippen LogP contribution in [0.3, 0.4) is 0 Å². The molecule has 0 saturated carbocycles. The third-order valence-electron chi connectivity index (χ3n) is 3.51. The van der Waals surface area contributed by atoms with E-state index in [4.69, 9.17) is 4.74 Å². The second-order valence-corrected chi connectivity index (χ2v) is 5.63. The number of hydrazine groups is 1. The zero-order valence-electron chi connectivity index (χ0n) is 14.9. The number of hydrogen-bond donors (Lipinski definition) is 3. The van der Waals surface area contributed by atoms with Gasteiger partial charge in [0.05, 0.1) is 0 Å². The van der Waals surface area contributed by atoms with Crippen LogP contribution in [0.5, 0.6) is 0 Å². The number of nitrogens with one attached hydrogen (secondary N) is 3. The van der Waals surface area contributed by atoms with E-state index < -0.39 is 42.2 Å². The van der Waals surface area contributed by atoms with Gasteiger partial charge in [-0.2, -0.15) is 0 Å². The smallest absolute Gasteiger partial charge is 0.326 e. The Morgan fingerprint density at radius 1 is 0.893 bits per heavy atom. The number of benzene rings is 2. The Hall–Kier alpha value is -3.75. The molecule has 0 aliphatic heterocycles. The van der Waals surface area contributed by atoms with Crippen molar-refractivity contribution in [1.29, 1.82) is 0 Å². The highest BCUT2D eigenvalue weighted by Gasteiger charge is 2.19. The molecule has 2 rings (SSSR count). The van der Waals surface area contributed by atoms with Crippen molar-refractivity contribution in [2.45, 2.75) is 13.0 Å². The molecule has 0 unspecified atom stereocenters. The van der Waals surface area contributed by atoms with Gasteiger partial charge in [-0.1, -0.05) is 18.2 Å². The number of amides is 3. The second-order valence-electron chi connectivity index (χ2n) is 5.63. The van der Waals surface area contributed by atoms with Crippen LogP contribution < -0.4 is 16.2 Å². The van der Waals surface area contributed by atoms with Gasteiger partial charge < -0.3 is 10.1 Å². The topological polar surface area (TPSA) is 114 Å². The monoisotopic (exact) mass is 387 g/mol. The highest BCUT2D eigenvalue weighted by molar-refractivity contribution is 5.97. The number of esters is 1. The molecule has 3 amide bonds. The summed E-state index contributed by atoms with van der Waals surface area (Å²) in [5.74, 6) is -3.21. The molecule has 8 nitrogen and oxygen atoms in total. The molecule has 0 bridgehead atoms. The van der Waals surface area contributed by atoms with E-state index in [1.54, 1.807) is 30.3 Å². The number of rotatable bonds is 6. The lowest BCUT2D eigenvalue weighted by Crippen LogP contribution is -2.47. The molecular weight excluding hydrogens is 369 g/mol. The van der Waals surface area contributed by atoms with Crippen LogP contribution in [0.1, 0.15) is 27.6 Å². The van der Waals surface area contributed by atoms with Gasteiger partial charge in [0.1, 0.15) is 12.4 Å². The van der Waals surface area contributed by atoms with E-state index in [0.29, 0.717) is 5.56 Å². The molecule has 0 aromatic heterocycles. The molecule has 3 N–H and O–H groups in total. The first-order valence-electron chi connectivity index (χ1n) is 8.25. The van der Waals surface area contributed by atoms with E-state index in [9.17, 15) is 23.6 Å². The number of halogens is 1. The molecule has 2 aromatic carbocycles. The van der Waals surface area contributed by atoms with Gasteiger partial charge in [0.25, 0.3) is 17.7 Å². The summed E-state index contributed by atoms with van der Waals surface area (Å²) < 4.78 is 17.7. The number of carbonyl (C=O) groups is 4. The minimum Gasteiger partial charge on any atom is -0.451 e. The average Bonchev–Trinajstić information content (AvgIpc) is 2.71. The maximum atomic E-state index is 12.8. The Labute approximate surface area is 160 Å². The molecule has 9 heteroatoms. The first-order chi connectivity index (χ1) is 13.4. The van der Waals surface area contributed by atoms with Crippen LogP contribution in [0.15, 0.2) is 54.6 Å². The summed E-state index contributed by atoms with van der Waals surface area (Å²) in [6, 6.07) is 13.0. The van der Waals surface area contributed by atoms with Crippen LogP contribution in [0.25, 0.3) is 0 Å². The van der Waals surface area contributed by atoms with Crippen LogP contribution in [-0.4, -0.2) is 36.3 Å². The van der Waals surface area contributed by atoms with E-state index in [1.165, 1.54) is 19.1 Å². The summed E-state index contributed by atoms with van der Waals surface area (Å²) in [5.41, 5.74) is 4.86. The Balaban J connectivity index is 1.73. The van der Waals surface area contributed by atoms with Crippen molar-refractivity contribution in [3.63, 3.8) is 0 Å². The highest BCUT2D eigenvalue weighted by Crippen LogP contribution is 2.02. The zero-order valence-corrected chi connectivity index (χ0v) is 14.9. The summed E-state index contributed by atoms with van der Waals surface area (Å²) in [6.07, 6.45) is -1.20. The maximum Gasteiger partial charge on any atom is 0.326 e. The van der Waals surface area contributed by atoms with Gasteiger partial charge in [-0.3, -0.25) is 30.0 Å². The SMILES string of the molecule is C[C@H](OC(=O)CNC(=O)c1ccc(F)cc1)C(=O)NNC(=O)c1ccccc1. The number of carbonyl (C=O) groups excluding carboxylic acids is 4. The Bertz CT molecular complexity index is 856. The molecule has 146 valence electrons. The molecule has 0 fully saturated rings. The molecule has 1 atom stereocenters. The summed E-state index contributed by atoms with van der Waals surface area (Å²) in [4.78, 5) is 47.3. The fraction of sp³-hybridized carbons (Fsp3) is 0.158. The first-order valence-corrected chi connectivity index (χ1v) is 8.25. The van der Waals surface area contributed by atoms with Gasteiger partial charge in [0.2, 0.25) is 0 Å². The van der Waals surface area contributed by atoms with Gasteiger partial charge in [-0.15, -0.1) is 0 Å². The van der Waals surface area contributed by atoms with Crippen LogP contribution in [0.4, 0.5) is 4.39 Å². The van der Waals surface area contributed by atoms with Crippen LogP contribution in [0.2, 0.25) is 0 Å². The molecule has 0 aliphatic rings. The fourth-order valence-corrected chi connectivity index (χ4v) is 2.03. The first kappa shape index (κ1) is 20.6. The lowest BCUT2D eigenvalue weighted by Gasteiger charge is -2.14. The number of ether oxygens (including phenoxy) is 1. The van der Waals surface area contributed by atoms with Crippen molar-refractivity contribution < 1.29 is 28.3 Å². The van der Waals surface area contributed by atoms with E-state index >= 15 is 0 Å². The molecular formula is C19H18FN3O5. The van der Waals surface area contributed by atoms with Crippen LogP contribution in [-0.2, 0) is 14.3 Å². The van der Waals surface area contributed by atoms with Gasteiger partial charge in [-0.05, 0) is 43.3 Å². The van der Waals surface area contributed by atoms with Crippen molar-refractivity contribution in [3.8, 4) is 0 Å². The van der Waals surface area contributed by atoms with Crippen molar-refractivity contribution >= 4 is 23.7 Å². The van der Waals surface area contributed by atoms with E-state index in [2.05, 4.69) is 16.2 Å². The predicted octanol–water partition coefficient (Wildman–Crippen LogP) is 0.948. The summed E-state index contributed by atoms with van der Waals surface area (Å²) in [7, 11) is 0. The third-order valence-corrected chi connectivity index (χ3v) is 3.51. The van der Waals surface area contributed by atoms with Crippen molar-refractivity contribution in [3.05, 3.63) is 71.5 Å². The van der Waals surface area contributed by atoms with Gasteiger partial charge in [0, 0.05) is 11.1 Å². The van der Waals surface area contributed by atoms with Crippen molar-refractivity contribution in [1.82, 2.24) is 16.2 Å². The predicted molar refractivity (Wildman–Crippen MR) is 96.3 cm³/mol. The van der Waals surface area contributed by atoms with E-state index in [-0.39, 0.29) is 5.56 Å². The lowest BCUT2D eigenvalue weighted by molar-refractivity contribution is -0.154. The third kappa shape index (κ3) is 6.20.